The molecule has 1 N–H and O–H groups in total. The summed E-state index contributed by atoms with van der Waals surface area (Å²) in [6, 6.07) is 1.20. The van der Waals surface area contributed by atoms with Gasteiger partial charge in [-0.25, -0.2) is 0 Å². The Balaban J connectivity index is 2.41. The molecule has 0 saturated carbocycles. The van der Waals surface area contributed by atoms with Gasteiger partial charge in [0, 0.05) is 0 Å². The van der Waals surface area contributed by atoms with Crippen LogP contribution >= 0.6 is 0 Å². The second-order valence-corrected chi connectivity index (χ2v) is 7.48. The molecule has 2 nitrogen and oxygen atoms in total. The smallest absolute Gasteiger partial charge is 0.190 e. The van der Waals surface area contributed by atoms with E-state index < -0.39 is 14.6 Å². The van der Waals surface area contributed by atoms with Gasteiger partial charge in [0.15, 0.2) is 8.32 Å². The highest BCUT2D eigenvalue weighted by atomic mass is 28.4. The molecule has 0 aromatic carbocycles. The first-order valence-corrected chi connectivity index (χ1v) is 6.58. The van der Waals surface area contributed by atoms with Gasteiger partial charge in [0.2, 0.25) is 0 Å². The molecule has 0 amide bonds. The molecule has 0 aliphatic carbocycles. The van der Waals surface area contributed by atoms with E-state index in [9.17, 15) is 0 Å². The van der Waals surface area contributed by atoms with Crippen molar-refractivity contribution in [1.82, 2.24) is 0 Å². The Morgan fingerprint density at radius 1 is 1.56 bits per heavy atom. The van der Waals surface area contributed by atoms with Crippen LogP contribution in [-0.4, -0.2) is 19.7 Å². The first kappa shape index (κ1) is 7.25. The number of rotatable bonds is 0. The Bertz CT molecular complexity index is 103. The summed E-state index contributed by atoms with van der Waals surface area (Å²) in [6.45, 7) is 4.30. The molecule has 3 heteroatoms. The lowest BCUT2D eigenvalue weighted by atomic mass is 10.3. The van der Waals surface area contributed by atoms with Crippen LogP contribution in [0.25, 0.3) is 0 Å². The van der Waals surface area contributed by atoms with Crippen LogP contribution < -0.4 is 0 Å². The van der Waals surface area contributed by atoms with Crippen LogP contribution in [-0.2, 0) is 4.43 Å². The Morgan fingerprint density at radius 2 is 2.22 bits per heavy atom. The average molecular weight is 146 g/mol. The minimum Gasteiger partial charge on any atom is -0.393 e. The van der Waals surface area contributed by atoms with Crippen LogP contribution in [0.5, 0.6) is 0 Å². The zero-order valence-electron chi connectivity index (χ0n) is 6.05. The lowest BCUT2D eigenvalue weighted by molar-refractivity contribution is -0.0405. The van der Waals surface area contributed by atoms with Gasteiger partial charge in [-0.05, 0) is 32.0 Å². The third-order valence-electron chi connectivity index (χ3n) is 1.68. The van der Waals surface area contributed by atoms with Crippen LogP contribution in [0.2, 0.25) is 19.1 Å². The Kier molecular flexibility index (Phi) is 1.93. The van der Waals surface area contributed by atoms with Crippen molar-refractivity contribution in [2.45, 2.75) is 38.3 Å². The molecule has 1 unspecified atom stereocenters. The summed E-state index contributed by atoms with van der Waals surface area (Å²) in [5, 5.41) is 9.06. The SMILES string of the molecule is C[Si]1(C)CCCC(O)O1. The summed E-state index contributed by atoms with van der Waals surface area (Å²) in [5.41, 5.74) is 0. The maximum absolute atomic E-state index is 9.06. The molecular weight excluding hydrogens is 132 g/mol. The van der Waals surface area contributed by atoms with Crippen LogP contribution in [0.15, 0.2) is 0 Å². The van der Waals surface area contributed by atoms with Gasteiger partial charge in [0.25, 0.3) is 0 Å². The Labute approximate surface area is 57.0 Å². The fourth-order valence-corrected chi connectivity index (χ4v) is 3.22. The summed E-state index contributed by atoms with van der Waals surface area (Å²) in [5.74, 6) is 0. The van der Waals surface area contributed by atoms with Crippen molar-refractivity contribution < 1.29 is 9.53 Å². The first-order chi connectivity index (χ1) is 4.10. The summed E-state index contributed by atoms with van der Waals surface area (Å²) < 4.78 is 5.37. The van der Waals surface area contributed by atoms with Gasteiger partial charge in [-0.3, -0.25) is 0 Å². The van der Waals surface area contributed by atoms with Gasteiger partial charge in [-0.2, -0.15) is 0 Å². The van der Waals surface area contributed by atoms with Gasteiger partial charge in [-0.1, -0.05) is 0 Å². The monoisotopic (exact) mass is 146 g/mol. The topological polar surface area (TPSA) is 29.5 Å². The fraction of sp³-hybridized carbons (Fsp3) is 1.00. The number of aliphatic hydroxyl groups excluding tert-OH is 1. The third kappa shape index (κ3) is 2.08. The van der Waals surface area contributed by atoms with E-state index in [4.69, 9.17) is 9.53 Å². The second kappa shape index (κ2) is 2.40. The van der Waals surface area contributed by atoms with E-state index in [2.05, 4.69) is 13.1 Å². The quantitative estimate of drug-likeness (QED) is 0.522. The van der Waals surface area contributed by atoms with Crippen molar-refractivity contribution in [3.8, 4) is 0 Å². The zero-order chi connectivity index (χ0) is 6.91. The Hall–Kier alpha value is 0.137. The number of aliphatic hydroxyl groups is 1. The molecule has 1 saturated heterocycles. The molecule has 1 heterocycles. The third-order valence-corrected chi connectivity index (χ3v) is 4.15. The van der Waals surface area contributed by atoms with E-state index >= 15 is 0 Å². The van der Waals surface area contributed by atoms with Gasteiger partial charge < -0.3 is 9.53 Å². The van der Waals surface area contributed by atoms with Crippen LogP contribution in [0.4, 0.5) is 0 Å². The molecule has 1 atom stereocenters. The van der Waals surface area contributed by atoms with Gasteiger partial charge in [0.1, 0.15) is 6.29 Å². The maximum atomic E-state index is 9.06. The summed E-state index contributed by atoms with van der Waals surface area (Å²) >= 11 is 0. The molecule has 0 aromatic heterocycles. The highest BCUT2D eigenvalue weighted by Crippen LogP contribution is 2.23. The predicted molar refractivity (Wildman–Crippen MR) is 38.6 cm³/mol. The summed E-state index contributed by atoms with van der Waals surface area (Å²) in [6.07, 6.45) is 1.51. The average Bonchev–Trinajstić information content (AvgIpc) is 1.60. The molecule has 1 aliphatic heterocycles. The number of hydrogen-bond donors (Lipinski definition) is 1. The van der Waals surface area contributed by atoms with E-state index in [-0.39, 0.29) is 0 Å². The van der Waals surface area contributed by atoms with Crippen molar-refractivity contribution in [1.29, 1.82) is 0 Å². The van der Waals surface area contributed by atoms with Crippen molar-refractivity contribution in [3.63, 3.8) is 0 Å². The summed E-state index contributed by atoms with van der Waals surface area (Å²) in [4.78, 5) is 0. The number of hydrogen-bond acceptors (Lipinski definition) is 2. The minimum absolute atomic E-state index is 0.458. The van der Waals surface area contributed by atoms with Gasteiger partial charge in [-0.15, -0.1) is 0 Å². The molecule has 0 radical (unpaired) electrons. The second-order valence-electron chi connectivity index (χ2n) is 3.22. The summed E-state index contributed by atoms with van der Waals surface area (Å²) in [7, 11) is -1.40. The molecule has 54 valence electrons. The van der Waals surface area contributed by atoms with Gasteiger partial charge in [0.05, 0.1) is 0 Å². The van der Waals surface area contributed by atoms with Crippen molar-refractivity contribution in [3.05, 3.63) is 0 Å². The van der Waals surface area contributed by atoms with Crippen molar-refractivity contribution >= 4 is 8.32 Å². The van der Waals surface area contributed by atoms with E-state index in [0.29, 0.717) is 0 Å². The van der Waals surface area contributed by atoms with Crippen LogP contribution in [0, 0.1) is 0 Å². The van der Waals surface area contributed by atoms with E-state index in [0.717, 1.165) is 12.8 Å². The predicted octanol–water partition coefficient (Wildman–Crippen LogP) is 1.32. The molecule has 9 heavy (non-hydrogen) atoms. The lowest BCUT2D eigenvalue weighted by Crippen LogP contribution is -2.39. The largest absolute Gasteiger partial charge is 0.393 e. The maximum Gasteiger partial charge on any atom is 0.190 e. The first-order valence-electron chi connectivity index (χ1n) is 3.46. The molecule has 1 rings (SSSR count). The van der Waals surface area contributed by atoms with Crippen LogP contribution in [0.3, 0.4) is 0 Å². The fourth-order valence-electron chi connectivity index (χ4n) is 1.19. The molecule has 1 aliphatic rings. The van der Waals surface area contributed by atoms with E-state index in [1.807, 2.05) is 0 Å². The lowest BCUT2D eigenvalue weighted by Gasteiger charge is -2.31. The molecule has 0 aromatic rings. The highest BCUT2D eigenvalue weighted by Gasteiger charge is 2.29. The highest BCUT2D eigenvalue weighted by molar-refractivity contribution is 6.71. The van der Waals surface area contributed by atoms with Crippen LogP contribution in [0.1, 0.15) is 12.8 Å². The van der Waals surface area contributed by atoms with Gasteiger partial charge >= 0.3 is 0 Å². The molecular formula is C6H14O2Si. The van der Waals surface area contributed by atoms with Crippen molar-refractivity contribution in [2.24, 2.45) is 0 Å². The minimum atomic E-state index is -1.40. The standard InChI is InChI=1S/C6H14O2Si/c1-9(2)5-3-4-6(7)8-9/h6-7H,3-5H2,1-2H3. The normalized spacial score (nSPS) is 34.3. The zero-order valence-corrected chi connectivity index (χ0v) is 7.05. The van der Waals surface area contributed by atoms with E-state index in [1.165, 1.54) is 6.04 Å². The van der Waals surface area contributed by atoms with E-state index in [1.54, 1.807) is 0 Å². The van der Waals surface area contributed by atoms with Crippen molar-refractivity contribution in [2.75, 3.05) is 0 Å². The Morgan fingerprint density at radius 3 is 2.56 bits per heavy atom. The molecule has 0 bridgehead atoms. The molecule has 0 spiro atoms. The molecule has 1 fully saturated rings.